The molecule has 0 spiro atoms. The highest BCUT2D eigenvalue weighted by Gasteiger charge is 2.25. The van der Waals surface area contributed by atoms with Crippen molar-refractivity contribution in [3.8, 4) is 0 Å². The molecule has 12 heavy (non-hydrogen) atoms. The largest absolute Gasteiger partial charge is 0.394 e. The summed E-state index contributed by atoms with van der Waals surface area (Å²) >= 11 is 0. The molecule has 3 atom stereocenters. The fourth-order valence-electron chi connectivity index (χ4n) is 1.06. The van der Waals surface area contributed by atoms with Crippen LogP contribution in [0.4, 0.5) is 0 Å². The van der Waals surface area contributed by atoms with Gasteiger partial charge >= 0.3 is 0 Å². The molecule has 3 unspecified atom stereocenters. The van der Waals surface area contributed by atoms with Gasteiger partial charge in [0.25, 0.3) is 0 Å². The molecule has 0 aromatic rings. The summed E-state index contributed by atoms with van der Waals surface area (Å²) in [6.07, 6.45) is 0.150. The molecule has 0 aromatic heterocycles. The predicted octanol–water partition coefficient (Wildman–Crippen LogP) is 0.493. The van der Waals surface area contributed by atoms with Gasteiger partial charge in [0, 0.05) is 0 Å². The predicted molar refractivity (Wildman–Crippen MR) is 42.5 cm³/mol. The lowest BCUT2D eigenvalue weighted by atomic mass is 10.3. The second kappa shape index (κ2) is 4.77. The summed E-state index contributed by atoms with van der Waals surface area (Å²) in [6.45, 7) is 4.27. The second-order valence-corrected chi connectivity index (χ2v) is 2.82. The maximum Gasteiger partial charge on any atom is 0.184 e. The zero-order valence-corrected chi connectivity index (χ0v) is 7.53. The van der Waals surface area contributed by atoms with Gasteiger partial charge < -0.3 is 19.3 Å². The Morgan fingerprint density at radius 3 is 2.83 bits per heavy atom. The highest BCUT2D eigenvalue weighted by molar-refractivity contribution is 4.58. The minimum absolute atomic E-state index is 0.0325. The molecule has 0 aromatic carbocycles. The second-order valence-electron chi connectivity index (χ2n) is 2.82. The molecular formula is C8H16O4. The molecule has 0 saturated carbocycles. The van der Waals surface area contributed by atoms with Crippen LogP contribution >= 0.6 is 0 Å². The Morgan fingerprint density at radius 1 is 1.67 bits per heavy atom. The summed E-state index contributed by atoms with van der Waals surface area (Å²) in [5.41, 5.74) is 0. The van der Waals surface area contributed by atoms with Crippen molar-refractivity contribution in [3.05, 3.63) is 0 Å². The zero-order chi connectivity index (χ0) is 8.97. The van der Waals surface area contributed by atoms with E-state index < -0.39 is 0 Å². The van der Waals surface area contributed by atoms with Crippen molar-refractivity contribution < 1.29 is 19.3 Å². The number of aliphatic hydroxyl groups excluding tert-OH is 1. The SMILES string of the molecule is CCC(CO)OC1COC(C)O1. The van der Waals surface area contributed by atoms with Crippen LogP contribution in [0, 0.1) is 0 Å². The highest BCUT2D eigenvalue weighted by Crippen LogP contribution is 2.14. The van der Waals surface area contributed by atoms with E-state index in [2.05, 4.69) is 0 Å². The van der Waals surface area contributed by atoms with Gasteiger partial charge in [-0.25, -0.2) is 0 Å². The van der Waals surface area contributed by atoms with E-state index in [4.69, 9.17) is 19.3 Å². The summed E-state index contributed by atoms with van der Waals surface area (Å²) in [5.74, 6) is 0. The van der Waals surface area contributed by atoms with Crippen LogP contribution in [-0.4, -0.2) is 37.0 Å². The van der Waals surface area contributed by atoms with E-state index >= 15 is 0 Å². The normalized spacial score (nSPS) is 32.2. The molecule has 1 rings (SSSR count). The van der Waals surface area contributed by atoms with Crippen molar-refractivity contribution in [2.24, 2.45) is 0 Å². The van der Waals surface area contributed by atoms with Crippen molar-refractivity contribution >= 4 is 0 Å². The quantitative estimate of drug-likeness (QED) is 0.677. The van der Waals surface area contributed by atoms with Crippen LogP contribution in [0.25, 0.3) is 0 Å². The Hall–Kier alpha value is -0.160. The van der Waals surface area contributed by atoms with Gasteiger partial charge in [-0.15, -0.1) is 0 Å². The zero-order valence-electron chi connectivity index (χ0n) is 7.53. The van der Waals surface area contributed by atoms with E-state index in [9.17, 15) is 0 Å². The molecular weight excluding hydrogens is 160 g/mol. The van der Waals surface area contributed by atoms with Gasteiger partial charge in [0.05, 0.1) is 12.7 Å². The summed E-state index contributed by atoms with van der Waals surface area (Å²) in [5, 5.41) is 8.83. The van der Waals surface area contributed by atoms with Crippen LogP contribution in [0.1, 0.15) is 20.3 Å². The Bertz CT molecular complexity index is 124. The van der Waals surface area contributed by atoms with E-state index in [0.29, 0.717) is 6.61 Å². The Labute approximate surface area is 72.4 Å². The third kappa shape index (κ3) is 2.71. The summed E-state index contributed by atoms with van der Waals surface area (Å²) in [4.78, 5) is 0. The smallest absolute Gasteiger partial charge is 0.184 e. The Balaban J connectivity index is 2.21. The fraction of sp³-hybridized carbons (Fsp3) is 1.00. The monoisotopic (exact) mass is 176 g/mol. The number of aliphatic hydroxyl groups is 1. The topological polar surface area (TPSA) is 47.9 Å². The number of hydrogen-bond acceptors (Lipinski definition) is 4. The number of ether oxygens (including phenoxy) is 3. The molecule has 0 bridgehead atoms. The summed E-state index contributed by atoms with van der Waals surface area (Å²) in [7, 11) is 0. The van der Waals surface area contributed by atoms with Gasteiger partial charge in [-0.1, -0.05) is 6.92 Å². The van der Waals surface area contributed by atoms with Gasteiger partial charge in [0.15, 0.2) is 12.6 Å². The molecule has 1 N–H and O–H groups in total. The van der Waals surface area contributed by atoms with Crippen LogP contribution in [0.2, 0.25) is 0 Å². The first-order chi connectivity index (χ1) is 5.76. The van der Waals surface area contributed by atoms with Crippen molar-refractivity contribution in [2.75, 3.05) is 13.2 Å². The van der Waals surface area contributed by atoms with Crippen LogP contribution < -0.4 is 0 Å². The molecule has 1 saturated heterocycles. The van der Waals surface area contributed by atoms with Gasteiger partial charge in [-0.2, -0.15) is 0 Å². The van der Waals surface area contributed by atoms with Crippen LogP contribution in [0.15, 0.2) is 0 Å². The highest BCUT2D eigenvalue weighted by atomic mass is 16.8. The van der Waals surface area contributed by atoms with Crippen LogP contribution in [0.3, 0.4) is 0 Å². The average Bonchev–Trinajstić information content (AvgIpc) is 2.47. The van der Waals surface area contributed by atoms with E-state index in [-0.39, 0.29) is 25.3 Å². The number of rotatable bonds is 4. The molecule has 4 nitrogen and oxygen atoms in total. The molecule has 72 valence electrons. The maximum atomic E-state index is 8.83. The summed E-state index contributed by atoms with van der Waals surface area (Å²) < 4.78 is 15.7. The maximum absolute atomic E-state index is 8.83. The first-order valence-electron chi connectivity index (χ1n) is 4.29. The standard InChI is InChI=1S/C8H16O4/c1-3-7(4-9)12-8-5-10-6(2)11-8/h6-9H,3-5H2,1-2H3. The molecule has 0 radical (unpaired) electrons. The van der Waals surface area contributed by atoms with Crippen LogP contribution in [-0.2, 0) is 14.2 Å². The Kier molecular flexibility index (Phi) is 3.94. The first-order valence-corrected chi connectivity index (χ1v) is 4.29. The van der Waals surface area contributed by atoms with Crippen molar-refractivity contribution in [3.63, 3.8) is 0 Å². The first kappa shape index (κ1) is 9.92. The van der Waals surface area contributed by atoms with E-state index in [1.165, 1.54) is 0 Å². The number of hydrogen-bond donors (Lipinski definition) is 1. The fourth-order valence-corrected chi connectivity index (χ4v) is 1.06. The lowest BCUT2D eigenvalue weighted by molar-refractivity contribution is -0.168. The minimum atomic E-state index is -0.308. The van der Waals surface area contributed by atoms with Crippen molar-refractivity contribution in [2.45, 2.75) is 39.0 Å². The van der Waals surface area contributed by atoms with E-state index in [1.54, 1.807) is 0 Å². The van der Waals surface area contributed by atoms with E-state index in [1.807, 2.05) is 13.8 Å². The minimum Gasteiger partial charge on any atom is -0.394 e. The lowest BCUT2D eigenvalue weighted by Crippen LogP contribution is -2.26. The molecule has 1 aliphatic rings. The van der Waals surface area contributed by atoms with Gasteiger partial charge in [-0.05, 0) is 13.3 Å². The van der Waals surface area contributed by atoms with Gasteiger partial charge in [-0.3, -0.25) is 0 Å². The van der Waals surface area contributed by atoms with Crippen LogP contribution in [0.5, 0.6) is 0 Å². The molecule has 4 heteroatoms. The molecule has 0 aliphatic carbocycles. The van der Waals surface area contributed by atoms with Gasteiger partial charge in [0.2, 0.25) is 0 Å². The molecule has 1 fully saturated rings. The Morgan fingerprint density at radius 2 is 2.42 bits per heavy atom. The van der Waals surface area contributed by atoms with E-state index in [0.717, 1.165) is 6.42 Å². The van der Waals surface area contributed by atoms with Gasteiger partial charge in [0.1, 0.15) is 6.61 Å². The van der Waals surface area contributed by atoms with Crippen molar-refractivity contribution in [1.29, 1.82) is 0 Å². The molecule has 1 heterocycles. The lowest BCUT2D eigenvalue weighted by Gasteiger charge is -2.17. The third-order valence-corrected chi connectivity index (χ3v) is 1.81. The average molecular weight is 176 g/mol. The third-order valence-electron chi connectivity index (χ3n) is 1.81. The molecule has 0 amide bonds. The van der Waals surface area contributed by atoms with Crippen molar-refractivity contribution in [1.82, 2.24) is 0 Å². The summed E-state index contributed by atoms with van der Waals surface area (Å²) in [6, 6.07) is 0. The molecule has 1 aliphatic heterocycles.